The number of hydrogen-bond donors (Lipinski definition) is 1. The van der Waals surface area contributed by atoms with E-state index in [1.54, 1.807) is 6.92 Å². The molecule has 0 aliphatic carbocycles. The highest BCUT2D eigenvalue weighted by Crippen LogP contribution is 2.31. The molecule has 126 valence electrons. The topological polar surface area (TPSA) is 81.9 Å². The third-order valence-corrected chi connectivity index (χ3v) is 3.92. The van der Waals surface area contributed by atoms with Gasteiger partial charge < -0.3 is 5.32 Å². The van der Waals surface area contributed by atoms with Gasteiger partial charge in [-0.05, 0) is 12.8 Å². The molecule has 2 aromatic heterocycles. The number of nitriles is 1. The molecule has 2 rings (SSSR count). The van der Waals surface area contributed by atoms with E-state index in [0.717, 1.165) is 28.4 Å². The second-order valence-electron chi connectivity index (χ2n) is 5.41. The molecular formula is C15H15F2N5OS. The molecule has 0 atom stereocenters. The molecular weight excluding hydrogens is 336 g/mol. The summed E-state index contributed by atoms with van der Waals surface area (Å²) in [5, 5.41) is 12.2. The Labute approximate surface area is 141 Å². The standard InChI is InChI=1S/C15H15F2N5OS/c1-8(2)6-19-14(23)13-9(3)24-15(21-13)22(7-18)10-4-11(16)20-12(17)5-10/h4-5,8H,6H2,1-3H3,(H,19,23). The summed E-state index contributed by atoms with van der Waals surface area (Å²) < 4.78 is 26.5. The minimum atomic E-state index is -1.05. The fraction of sp³-hybridized carbons (Fsp3) is 0.333. The highest BCUT2D eigenvalue weighted by atomic mass is 32.1. The van der Waals surface area contributed by atoms with Gasteiger partial charge in [0.1, 0.15) is 5.69 Å². The number of pyridine rings is 1. The van der Waals surface area contributed by atoms with Crippen molar-refractivity contribution in [3.63, 3.8) is 0 Å². The molecule has 2 aromatic rings. The van der Waals surface area contributed by atoms with Gasteiger partial charge >= 0.3 is 0 Å². The Balaban J connectivity index is 2.32. The van der Waals surface area contributed by atoms with Crippen LogP contribution in [0.25, 0.3) is 0 Å². The lowest BCUT2D eigenvalue weighted by Gasteiger charge is -2.11. The first kappa shape index (κ1) is 17.7. The van der Waals surface area contributed by atoms with Crippen LogP contribution in [0.15, 0.2) is 12.1 Å². The SMILES string of the molecule is Cc1sc(N(C#N)c2cc(F)nc(F)c2)nc1C(=O)NCC(C)C. The van der Waals surface area contributed by atoms with Crippen LogP contribution in [0.5, 0.6) is 0 Å². The number of anilines is 2. The molecule has 0 spiro atoms. The molecule has 0 aliphatic heterocycles. The first-order valence-electron chi connectivity index (χ1n) is 7.10. The normalized spacial score (nSPS) is 10.5. The summed E-state index contributed by atoms with van der Waals surface area (Å²) in [7, 11) is 0. The Bertz CT molecular complexity index is 779. The van der Waals surface area contributed by atoms with Gasteiger partial charge in [0.15, 0.2) is 6.19 Å². The molecule has 0 fully saturated rings. The van der Waals surface area contributed by atoms with E-state index in [4.69, 9.17) is 0 Å². The second-order valence-corrected chi connectivity index (χ2v) is 6.59. The van der Waals surface area contributed by atoms with Crippen molar-refractivity contribution in [1.82, 2.24) is 15.3 Å². The number of aromatic nitrogens is 2. The first-order valence-corrected chi connectivity index (χ1v) is 7.92. The maximum Gasteiger partial charge on any atom is 0.271 e. The van der Waals surface area contributed by atoms with Crippen molar-refractivity contribution >= 4 is 28.1 Å². The minimum absolute atomic E-state index is 0.0506. The minimum Gasteiger partial charge on any atom is -0.350 e. The third kappa shape index (κ3) is 4.02. The average molecular weight is 351 g/mol. The summed E-state index contributed by atoms with van der Waals surface area (Å²) in [6.07, 6.45) is 1.81. The number of hydrogen-bond acceptors (Lipinski definition) is 6. The number of carbonyl (C=O) groups is 1. The summed E-state index contributed by atoms with van der Waals surface area (Å²) >= 11 is 1.08. The van der Waals surface area contributed by atoms with E-state index < -0.39 is 11.9 Å². The van der Waals surface area contributed by atoms with Crippen LogP contribution in [0.2, 0.25) is 0 Å². The Kier molecular flexibility index (Phi) is 5.41. The first-order chi connectivity index (χ1) is 11.3. The summed E-state index contributed by atoms with van der Waals surface area (Å²) in [6, 6.07) is 1.84. The summed E-state index contributed by atoms with van der Waals surface area (Å²) in [6.45, 7) is 6.11. The molecule has 24 heavy (non-hydrogen) atoms. The molecule has 0 saturated carbocycles. The molecule has 0 aliphatic rings. The van der Waals surface area contributed by atoms with Gasteiger partial charge in [0.2, 0.25) is 17.0 Å². The van der Waals surface area contributed by atoms with Gasteiger partial charge in [-0.2, -0.15) is 19.0 Å². The molecule has 1 amide bonds. The summed E-state index contributed by atoms with van der Waals surface area (Å²) in [5.41, 5.74) is 0.135. The number of thiazole rings is 1. The third-order valence-electron chi connectivity index (χ3n) is 2.97. The predicted molar refractivity (Wildman–Crippen MR) is 85.9 cm³/mol. The van der Waals surface area contributed by atoms with Gasteiger partial charge in [-0.15, -0.1) is 11.3 Å². The van der Waals surface area contributed by atoms with Gasteiger partial charge in [0.25, 0.3) is 5.91 Å². The van der Waals surface area contributed by atoms with Gasteiger partial charge in [-0.3, -0.25) is 4.79 Å². The highest BCUT2D eigenvalue weighted by Gasteiger charge is 2.21. The van der Waals surface area contributed by atoms with Crippen molar-refractivity contribution in [2.24, 2.45) is 5.92 Å². The quantitative estimate of drug-likeness (QED) is 0.508. The van der Waals surface area contributed by atoms with E-state index >= 15 is 0 Å². The zero-order valence-electron chi connectivity index (χ0n) is 13.3. The Morgan fingerprint density at radius 1 is 1.38 bits per heavy atom. The Hall–Kier alpha value is -2.60. The Morgan fingerprint density at radius 2 is 2.00 bits per heavy atom. The number of carbonyl (C=O) groups excluding carboxylic acids is 1. The lowest BCUT2D eigenvalue weighted by atomic mass is 10.2. The number of nitrogens with one attached hydrogen (secondary N) is 1. The van der Waals surface area contributed by atoms with Crippen LogP contribution in [-0.4, -0.2) is 22.4 Å². The smallest absolute Gasteiger partial charge is 0.271 e. The van der Waals surface area contributed by atoms with Crippen LogP contribution in [0.3, 0.4) is 0 Å². The zero-order chi connectivity index (χ0) is 17.9. The van der Waals surface area contributed by atoms with Crippen LogP contribution < -0.4 is 10.2 Å². The van der Waals surface area contributed by atoms with Crippen LogP contribution in [-0.2, 0) is 0 Å². The lowest BCUT2D eigenvalue weighted by Crippen LogP contribution is -2.28. The van der Waals surface area contributed by atoms with Crippen molar-refractivity contribution in [3.8, 4) is 6.19 Å². The van der Waals surface area contributed by atoms with Crippen LogP contribution >= 0.6 is 11.3 Å². The molecule has 9 heteroatoms. The number of amides is 1. The van der Waals surface area contributed by atoms with Gasteiger partial charge in [0.05, 0.1) is 5.69 Å². The molecule has 1 N–H and O–H groups in total. The zero-order valence-corrected chi connectivity index (χ0v) is 14.1. The molecule has 0 bridgehead atoms. The van der Waals surface area contributed by atoms with E-state index in [9.17, 15) is 18.8 Å². The molecule has 0 unspecified atom stereocenters. The largest absolute Gasteiger partial charge is 0.350 e. The number of nitrogens with zero attached hydrogens (tertiary/aromatic N) is 4. The van der Waals surface area contributed by atoms with E-state index in [2.05, 4.69) is 15.3 Å². The lowest BCUT2D eigenvalue weighted by molar-refractivity contribution is 0.0944. The van der Waals surface area contributed by atoms with Crippen molar-refractivity contribution < 1.29 is 13.6 Å². The summed E-state index contributed by atoms with van der Waals surface area (Å²) in [4.78, 5) is 20.8. The number of halogens is 2. The van der Waals surface area contributed by atoms with E-state index in [-0.39, 0.29) is 28.3 Å². The fourth-order valence-corrected chi connectivity index (χ4v) is 2.74. The van der Waals surface area contributed by atoms with Gasteiger partial charge in [-0.1, -0.05) is 13.8 Å². The number of rotatable bonds is 5. The molecule has 0 aromatic carbocycles. The van der Waals surface area contributed by atoms with Crippen molar-refractivity contribution in [3.05, 3.63) is 34.6 Å². The van der Waals surface area contributed by atoms with Crippen LogP contribution in [0.4, 0.5) is 19.6 Å². The summed E-state index contributed by atoms with van der Waals surface area (Å²) in [5.74, 6) is -2.17. The molecule has 6 nitrogen and oxygen atoms in total. The molecule has 2 heterocycles. The Morgan fingerprint density at radius 3 is 2.54 bits per heavy atom. The average Bonchev–Trinajstić information content (AvgIpc) is 2.86. The monoisotopic (exact) mass is 351 g/mol. The number of aryl methyl sites for hydroxylation is 1. The van der Waals surface area contributed by atoms with Gasteiger partial charge in [-0.25, -0.2) is 9.88 Å². The molecule has 0 saturated heterocycles. The molecule has 0 radical (unpaired) electrons. The van der Waals surface area contributed by atoms with Crippen LogP contribution in [0.1, 0.15) is 29.2 Å². The van der Waals surface area contributed by atoms with E-state index in [0.29, 0.717) is 11.4 Å². The second kappa shape index (κ2) is 7.31. The van der Waals surface area contributed by atoms with E-state index in [1.165, 1.54) is 0 Å². The highest BCUT2D eigenvalue weighted by molar-refractivity contribution is 7.16. The van der Waals surface area contributed by atoms with Crippen molar-refractivity contribution in [2.75, 3.05) is 11.4 Å². The fourth-order valence-electron chi connectivity index (χ4n) is 1.86. The van der Waals surface area contributed by atoms with E-state index in [1.807, 2.05) is 20.0 Å². The van der Waals surface area contributed by atoms with Gasteiger partial charge in [0, 0.05) is 23.6 Å². The van der Waals surface area contributed by atoms with Crippen molar-refractivity contribution in [2.45, 2.75) is 20.8 Å². The maximum atomic E-state index is 13.3. The predicted octanol–water partition coefficient (Wildman–Crippen LogP) is 3.13. The van der Waals surface area contributed by atoms with Crippen molar-refractivity contribution in [1.29, 1.82) is 5.26 Å². The maximum absolute atomic E-state index is 13.3. The van der Waals surface area contributed by atoms with Crippen LogP contribution in [0, 0.1) is 36.2 Å².